The van der Waals surface area contributed by atoms with Crippen molar-refractivity contribution in [1.82, 2.24) is 20.5 Å². The van der Waals surface area contributed by atoms with Gasteiger partial charge in [-0.25, -0.2) is 0 Å². The molecule has 0 bridgehead atoms. The Kier molecular flexibility index (Phi) is 5.35. The second-order valence-electron chi connectivity index (χ2n) is 6.82. The molecule has 5 heteroatoms. The quantitative estimate of drug-likeness (QED) is 0.486. The van der Waals surface area contributed by atoms with E-state index in [1.165, 1.54) is 10.9 Å². The first-order valence-corrected chi connectivity index (χ1v) is 9.52. The third-order valence-electron chi connectivity index (χ3n) is 5.11. The van der Waals surface area contributed by atoms with Gasteiger partial charge in [-0.2, -0.15) is 5.10 Å². The number of methoxy groups -OCH3 is 1. The van der Waals surface area contributed by atoms with E-state index in [4.69, 9.17) is 4.74 Å². The summed E-state index contributed by atoms with van der Waals surface area (Å²) >= 11 is 0. The molecule has 2 N–H and O–H groups in total. The van der Waals surface area contributed by atoms with Gasteiger partial charge in [0, 0.05) is 36.1 Å². The average Bonchev–Trinajstić information content (AvgIpc) is 3.23. The van der Waals surface area contributed by atoms with Crippen molar-refractivity contribution in [2.24, 2.45) is 0 Å². The van der Waals surface area contributed by atoms with Crippen LogP contribution in [-0.2, 0) is 6.54 Å². The molecule has 2 aromatic heterocycles. The van der Waals surface area contributed by atoms with Gasteiger partial charge in [-0.3, -0.25) is 10.1 Å². The van der Waals surface area contributed by atoms with Crippen LogP contribution < -0.4 is 10.1 Å². The summed E-state index contributed by atoms with van der Waals surface area (Å²) in [7, 11) is 1.69. The van der Waals surface area contributed by atoms with Crippen LogP contribution in [0.25, 0.3) is 22.0 Å². The highest BCUT2D eigenvalue weighted by molar-refractivity contribution is 5.88. The average molecular weight is 372 g/mol. The molecule has 0 aliphatic rings. The van der Waals surface area contributed by atoms with E-state index in [0.717, 1.165) is 40.9 Å². The van der Waals surface area contributed by atoms with E-state index in [1.54, 1.807) is 7.11 Å². The lowest BCUT2D eigenvalue weighted by molar-refractivity contribution is 0.415. The standard InChI is InChI=1S/C23H24N4O/c1-3-22(16-8-10-24-11-9-16)25-14-20-15-26-27-23(20)19-5-4-18-13-21(28-2)7-6-17(18)12-19/h4-13,15,22,25H,3,14H2,1-2H3,(H,26,27). The summed E-state index contributed by atoms with van der Waals surface area (Å²) in [6, 6.07) is 17.0. The Labute approximate surface area is 164 Å². The predicted octanol–water partition coefficient (Wildman–Crippen LogP) is 4.87. The number of pyridine rings is 1. The molecule has 0 aliphatic heterocycles. The van der Waals surface area contributed by atoms with Gasteiger partial charge in [0.1, 0.15) is 5.75 Å². The Morgan fingerprint density at radius 2 is 1.82 bits per heavy atom. The van der Waals surface area contributed by atoms with Crippen LogP contribution in [-0.4, -0.2) is 22.3 Å². The number of H-pyrrole nitrogens is 1. The van der Waals surface area contributed by atoms with Crippen LogP contribution >= 0.6 is 0 Å². The lowest BCUT2D eigenvalue weighted by atomic mass is 10.0. The molecule has 0 aliphatic carbocycles. The molecule has 2 heterocycles. The van der Waals surface area contributed by atoms with Gasteiger partial charge in [-0.1, -0.05) is 25.1 Å². The molecule has 0 amide bonds. The molecule has 1 atom stereocenters. The molecule has 28 heavy (non-hydrogen) atoms. The van der Waals surface area contributed by atoms with Gasteiger partial charge in [0.25, 0.3) is 0 Å². The van der Waals surface area contributed by atoms with Gasteiger partial charge in [0.15, 0.2) is 0 Å². The summed E-state index contributed by atoms with van der Waals surface area (Å²) < 4.78 is 5.32. The first-order chi connectivity index (χ1) is 13.8. The number of hydrogen-bond acceptors (Lipinski definition) is 4. The topological polar surface area (TPSA) is 62.8 Å². The molecule has 0 radical (unpaired) electrons. The van der Waals surface area contributed by atoms with E-state index < -0.39 is 0 Å². The van der Waals surface area contributed by atoms with Gasteiger partial charge in [0.05, 0.1) is 19.0 Å². The lowest BCUT2D eigenvalue weighted by Crippen LogP contribution is -2.20. The van der Waals surface area contributed by atoms with Crippen molar-refractivity contribution in [3.8, 4) is 17.0 Å². The Hall–Kier alpha value is -3.18. The molecule has 0 saturated carbocycles. The number of nitrogens with one attached hydrogen (secondary N) is 2. The number of aromatic amines is 1. The Balaban J connectivity index is 1.56. The highest BCUT2D eigenvalue weighted by Gasteiger charge is 2.12. The van der Waals surface area contributed by atoms with E-state index in [-0.39, 0.29) is 6.04 Å². The van der Waals surface area contributed by atoms with Crippen LogP contribution in [0, 0.1) is 0 Å². The molecule has 0 spiro atoms. The van der Waals surface area contributed by atoms with Crippen LogP contribution in [0.3, 0.4) is 0 Å². The third-order valence-corrected chi connectivity index (χ3v) is 5.11. The lowest BCUT2D eigenvalue weighted by Gasteiger charge is -2.17. The maximum Gasteiger partial charge on any atom is 0.119 e. The Bertz CT molecular complexity index is 1060. The first kappa shape index (κ1) is 18.2. The molecule has 1 unspecified atom stereocenters. The van der Waals surface area contributed by atoms with Gasteiger partial charge < -0.3 is 10.1 Å². The normalized spacial score (nSPS) is 12.2. The SMILES string of the molecule is CCC(NCc1cn[nH]c1-c1ccc2cc(OC)ccc2c1)c1ccncc1. The van der Waals surface area contributed by atoms with Crippen molar-refractivity contribution in [3.63, 3.8) is 0 Å². The fraction of sp³-hybridized carbons (Fsp3) is 0.217. The fourth-order valence-corrected chi connectivity index (χ4v) is 3.53. The maximum absolute atomic E-state index is 5.32. The Morgan fingerprint density at radius 1 is 1.04 bits per heavy atom. The Morgan fingerprint density at radius 3 is 2.61 bits per heavy atom. The number of nitrogens with zero attached hydrogens (tertiary/aromatic N) is 2. The second kappa shape index (κ2) is 8.23. The summed E-state index contributed by atoms with van der Waals surface area (Å²) in [5, 5.41) is 13.4. The number of hydrogen-bond donors (Lipinski definition) is 2. The predicted molar refractivity (Wildman–Crippen MR) is 112 cm³/mol. The monoisotopic (exact) mass is 372 g/mol. The van der Waals surface area contributed by atoms with E-state index in [2.05, 4.69) is 69.9 Å². The van der Waals surface area contributed by atoms with Crippen molar-refractivity contribution in [3.05, 3.63) is 78.2 Å². The van der Waals surface area contributed by atoms with E-state index >= 15 is 0 Å². The van der Waals surface area contributed by atoms with Crippen molar-refractivity contribution >= 4 is 10.8 Å². The summed E-state index contributed by atoms with van der Waals surface area (Å²) in [6.45, 7) is 2.93. The summed E-state index contributed by atoms with van der Waals surface area (Å²) in [6.07, 6.45) is 6.59. The molecule has 0 saturated heterocycles. The van der Waals surface area contributed by atoms with Crippen molar-refractivity contribution in [2.45, 2.75) is 25.9 Å². The minimum Gasteiger partial charge on any atom is -0.497 e. The molecule has 4 aromatic rings. The van der Waals surface area contributed by atoms with Gasteiger partial charge in [0.2, 0.25) is 0 Å². The van der Waals surface area contributed by atoms with Gasteiger partial charge in [-0.05, 0) is 53.1 Å². The van der Waals surface area contributed by atoms with Crippen LogP contribution in [0.1, 0.15) is 30.5 Å². The third kappa shape index (κ3) is 3.75. The molecular formula is C23H24N4O. The number of fused-ring (bicyclic) bond motifs is 1. The molecule has 5 nitrogen and oxygen atoms in total. The number of rotatable bonds is 7. The number of benzene rings is 2. The van der Waals surface area contributed by atoms with Crippen LogP contribution in [0.2, 0.25) is 0 Å². The molecule has 142 valence electrons. The second-order valence-corrected chi connectivity index (χ2v) is 6.82. The van der Waals surface area contributed by atoms with Gasteiger partial charge >= 0.3 is 0 Å². The highest BCUT2D eigenvalue weighted by Crippen LogP contribution is 2.28. The molecule has 4 rings (SSSR count). The van der Waals surface area contributed by atoms with E-state index in [9.17, 15) is 0 Å². The number of ether oxygens (including phenoxy) is 1. The van der Waals surface area contributed by atoms with Crippen molar-refractivity contribution in [1.29, 1.82) is 0 Å². The van der Waals surface area contributed by atoms with E-state index in [0.29, 0.717) is 0 Å². The van der Waals surface area contributed by atoms with Crippen molar-refractivity contribution in [2.75, 3.05) is 7.11 Å². The zero-order valence-electron chi connectivity index (χ0n) is 16.1. The number of aromatic nitrogens is 3. The minimum atomic E-state index is 0.287. The van der Waals surface area contributed by atoms with Gasteiger partial charge in [-0.15, -0.1) is 0 Å². The zero-order chi connectivity index (χ0) is 19.3. The minimum absolute atomic E-state index is 0.287. The maximum atomic E-state index is 5.32. The fourth-order valence-electron chi connectivity index (χ4n) is 3.53. The highest BCUT2D eigenvalue weighted by atomic mass is 16.5. The summed E-state index contributed by atoms with van der Waals surface area (Å²) in [5.41, 5.74) is 4.58. The largest absolute Gasteiger partial charge is 0.497 e. The van der Waals surface area contributed by atoms with Crippen LogP contribution in [0.15, 0.2) is 67.1 Å². The van der Waals surface area contributed by atoms with Crippen molar-refractivity contribution < 1.29 is 4.74 Å². The summed E-state index contributed by atoms with van der Waals surface area (Å²) in [4.78, 5) is 4.11. The molecule has 2 aromatic carbocycles. The first-order valence-electron chi connectivity index (χ1n) is 9.52. The van der Waals surface area contributed by atoms with Crippen LogP contribution in [0.5, 0.6) is 5.75 Å². The van der Waals surface area contributed by atoms with Crippen LogP contribution in [0.4, 0.5) is 0 Å². The van der Waals surface area contributed by atoms with E-state index in [1.807, 2.05) is 24.7 Å². The zero-order valence-corrected chi connectivity index (χ0v) is 16.1. The molecule has 0 fully saturated rings. The molecular weight excluding hydrogens is 348 g/mol. The summed E-state index contributed by atoms with van der Waals surface area (Å²) in [5.74, 6) is 0.869. The smallest absolute Gasteiger partial charge is 0.119 e.